The van der Waals surface area contributed by atoms with Gasteiger partial charge in [-0.15, -0.1) is 19.2 Å². The van der Waals surface area contributed by atoms with Crippen molar-refractivity contribution in [2.75, 3.05) is 13.6 Å². The van der Waals surface area contributed by atoms with Crippen molar-refractivity contribution in [3.63, 3.8) is 0 Å². The van der Waals surface area contributed by atoms with Crippen molar-refractivity contribution >= 4 is 18.5 Å². The van der Waals surface area contributed by atoms with Gasteiger partial charge in [0.1, 0.15) is 5.82 Å². The average molecular weight is 225 g/mol. The molecule has 0 saturated carbocycles. The molecule has 0 saturated heterocycles. The molecule has 0 aliphatic rings. The lowest BCUT2D eigenvalue weighted by atomic mass is 10.2. The summed E-state index contributed by atoms with van der Waals surface area (Å²) in [5.41, 5.74) is 0.422. The van der Waals surface area contributed by atoms with Crippen molar-refractivity contribution in [3.8, 4) is 0 Å². The highest BCUT2D eigenvalue weighted by Crippen LogP contribution is 2.15. The molecule has 0 N–H and O–H groups in total. The zero-order chi connectivity index (χ0) is 11.4. The number of hydrogen-bond donors (Lipinski definition) is 1. The second kappa shape index (κ2) is 4.98. The summed E-state index contributed by atoms with van der Waals surface area (Å²) in [6.07, 6.45) is 1.63. The summed E-state index contributed by atoms with van der Waals surface area (Å²) in [5, 5.41) is 0. The summed E-state index contributed by atoms with van der Waals surface area (Å²) in [6, 6.07) is 4.09. The fourth-order valence-electron chi connectivity index (χ4n) is 1.14. The number of carbonyl (C=O) groups excluding carboxylic acids is 1. The first-order valence-electron chi connectivity index (χ1n) is 4.41. The van der Waals surface area contributed by atoms with Crippen LogP contribution in [0, 0.1) is 5.82 Å². The van der Waals surface area contributed by atoms with E-state index >= 15 is 0 Å². The highest BCUT2D eigenvalue weighted by atomic mass is 32.1. The van der Waals surface area contributed by atoms with Gasteiger partial charge in [0.15, 0.2) is 0 Å². The first kappa shape index (κ1) is 11.8. The molecule has 1 amide bonds. The Morgan fingerprint density at radius 2 is 2.33 bits per heavy atom. The smallest absolute Gasteiger partial charge is 0.253 e. The number of thiol groups is 1. The van der Waals surface area contributed by atoms with E-state index in [2.05, 4.69) is 19.2 Å². The van der Waals surface area contributed by atoms with Gasteiger partial charge in [-0.05, 0) is 18.2 Å². The first-order valence-corrected chi connectivity index (χ1v) is 4.86. The Morgan fingerprint density at radius 3 is 2.87 bits per heavy atom. The second-order valence-electron chi connectivity index (χ2n) is 3.14. The number of halogens is 1. The summed E-state index contributed by atoms with van der Waals surface area (Å²) in [7, 11) is 1.66. The van der Waals surface area contributed by atoms with Crippen LogP contribution < -0.4 is 0 Å². The highest BCUT2D eigenvalue weighted by molar-refractivity contribution is 7.80. The Hall–Kier alpha value is -1.29. The monoisotopic (exact) mass is 225 g/mol. The van der Waals surface area contributed by atoms with Crippen molar-refractivity contribution < 1.29 is 9.18 Å². The number of benzene rings is 1. The van der Waals surface area contributed by atoms with E-state index in [9.17, 15) is 9.18 Å². The van der Waals surface area contributed by atoms with E-state index < -0.39 is 5.82 Å². The Labute approximate surface area is 93.8 Å². The molecule has 0 atom stereocenters. The predicted molar refractivity (Wildman–Crippen MR) is 60.8 cm³/mol. The number of carbonyl (C=O) groups is 1. The fraction of sp³-hybridized carbons (Fsp3) is 0.182. The third-order valence-corrected chi connectivity index (χ3v) is 2.29. The number of likely N-dealkylation sites (N-methyl/N-ethyl adjacent to an activating group) is 1. The Morgan fingerprint density at radius 1 is 1.67 bits per heavy atom. The van der Waals surface area contributed by atoms with Crippen LogP contribution in [0.25, 0.3) is 0 Å². The van der Waals surface area contributed by atoms with Crippen molar-refractivity contribution in [1.82, 2.24) is 4.90 Å². The Balaban J connectivity index is 2.91. The van der Waals surface area contributed by atoms with E-state index in [-0.39, 0.29) is 10.8 Å². The molecule has 1 aromatic rings. The number of nitrogens with zero attached hydrogens (tertiary/aromatic N) is 1. The van der Waals surface area contributed by atoms with E-state index in [0.717, 1.165) is 0 Å². The molecular formula is C11H12FNOS. The van der Waals surface area contributed by atoms with Gasteiger partial charge in [-0.25, -0.2) is 4.39 Å². The molecule has 0 bridgehead atoms. The minimum atomic E-state index is -0.429. The van der Waals surface area contributed by atoms with Crippen LogP contribution in [-0.2, 0) is 0 Å². The van der Waals surface area contributed by atoms with Crippen LogP contribution in [0.4, 0.5) is 4.39 Å². The first-order chi connectivity index (χ1) is 7.06. The third kappa shape index (κ3) is 2.83. The molecule has 2 nitrogen and oxygen atoms in total. The topological polar surface area (TPSA) is 20.3 Å². The molecule has 15 heavy (non-hydrogen) atoms. The molecule has 0 unspecified atom stereocenters. The van der Waals surface area contributed by atoms with Gasteiger partial charge >= 0.3 is 0 Å². The van der Waals surface area contributed by atoms with Crippen LogP contribution >= 0.6 is 12.6 Å². The van der Waals surface area contributed by atoms with Crippen LogP contribution in [-0.4, -0.2) is 24.4 Å². The molecular weight excluding hydrogens is 213 g/mol. The van der Waals surface area contributed by atoms with Crippen LogP contribution in [0.1, 0.15) is 10.4 Å². The van der Waals surface area contributed by atoms with E-state index in [1.807, 2.05) is 0 Å². The molecule has 0 heterocycles. The van der Waals surface area contributed by atoms with Gasteiger partial charge < -0.3 is 4.90 Å². The summed E-state index contributed by atoms with van der Waals surface area (Å²) < 4.78 is 12.9. The molecule has 0 aliphatic heterocycles. The molecule has 0 aliphatic carbocycles. The maximum Gasteiger partial charge on any atom is 0.253 e. The molecule has 0 aromatic heterocycles. The summed E-state index contributed by atoms with van der Waals surface area (Å²) in [5.74, 6) is -0.605. The van der Waals surface area contributed by atoms with Crippen LogP contribution in [0.3, 0.4) is 0 Å². The van der Waals surface area contributed by atoms with E-state index in [1.165, 1.54) is 23.1 Å². The SMILES string of the molecule is C=CCN(C)C(=O)c1ccc(F)c(S)c1. The van der Waals surface area contributed by atoms with Crippen molar-refractivity contribution in [2.45, 2.75) is 4.90 Å². The summed E-state index contributed by atoms with van der Waals surface area (Å²) in [4.78, 5) is 13.4. The molecule has 4 heteroatoms. The van der Waals surface area contributed by atoms with E-state index in [0.29, 0.717) is 12.1 Å². The quantitative estimate of drug-likeness (QED) is 0.618. The lowest BCUT2D eigenvalue weighted by molar-refractivity contribution is 0.0810. The van der Waals surface area contributed by atoms with Gasteiger partial charge in [-0.1, -0.05) is 6.08 Å². The van der Waals surface area contributed by atoms with Gasteiger partial charge in [-0.2, -0.15) is 0 Å². The maximum atomic E-state index is 12.9. The number of hydrogen-bond acceptors (Lipinski definition) is 2. The van der Waals surface area contributed by atoms with Gasteiger partial charge in [0, 0.05) is 24.1 Å². The van der Waals surface area contributed by atoms with Crippen LogP contribution in [0.15, 0.2) is 35.7 Å². The number of rotatable bonds is 3. The molecule has 0 spiro atoms. The standard InChI is InChI=1S/C11H12FNOS/c1-3-6-13(2)11(14)8-4-5-9(12)10(15)7-8/h3-5,7,15H,1,6H2,2H3. The Kier molecular flexibility index (Phi) is 3.91. The predicted octanol–water partition coefficient (Wildman–Crippen LogP) is 2.37. The Bertz CT molecular complexity index is 392. The van der Waals surface area contributed by atoms with E-state index in [4.69, 9.17) is 0 Å². The zero-order valence-electron chi connectivity index (χ0n) is 8.40. The highest BCUT2D eigenvalue weighted by Gasteiger charge is 2.11. The lowest BCUT2D eigenvalue weighted by Crippen LogP contribution is -2.26. The zero-order valence-corrected chi connectivity index (χ0v) is 9.30. The lowest BCUT2D eigenvalue weighted by Gasteiger charge is -2.14. The molecule has 1 aromatic carbocycles. The van der Waals surface area contributed by atoms with Crippen LogP contribution in [0.5, 0.6) is 0 Å². The van der Waals surface area contributed by atoms with Gasteiger partial charge in [-0.3, -0.25) is 4.79 Å². The van der Waals surface area contributed by atoms with E-state index in [1.54, 1.807) is 13.1 Å². The second-order valence-corrected chi connectivity index (χ2v) is 3.62. The summed E-state index contributed by atoms with van der Waals surface area (Å²) in [6.45, 7) is 4.00. The number of amides is 1. The normalized spacial score (nSPS) is 9.80. The third-order valence-electron chi connectivity index (χ3n) is 1.94. The van der Waals surface area contributed by atoms with Crippen molar-refractivity contribution in [3.05, 3.63) is 42.2 Å². The minimum absolute atomic E-state index is 0.174. The fourth-order valence-corrected chi connectivity index (χ4v) is 1.36. The maximum absolute atomic E-state index is 12.9. The molecule has 0 fully saturated rings. The molecule has 0 radical (unpaired) electrons. The average Bonchev–Trinajstić information content (AvgIpc) is 2.21. The van der Waals surface area contributed by atoms with Gasteiger partial charge in [0.2, 0.25) is 0 Å². The largest absolute Gasteiger partial charge is 0.338 e. The summed E-state index contributed by atoms with van der Waals surface area (Å²) >= 11 is 3.92. The molecule has 80 valence electrons. The minimum Gasteiger partial charge on any atom is -0.338 e. The van der Waals surface area contributed by atoms with Crippen molar-refractivity contribution in [1.29, 1.82) is 0 Å². The van der Waals surface area contributed by atoms with Gasteiger partial charge in [0.25, 0.3) is 5.91 Å². The van der Waals surface area contributed by atoms with Crippen molar-refractivity contribution in [2.24, 2.45) is 0 Å². The molecule has 1 rings (SSSR count). The van der Waals surface area contributed by atoms with Gasteiger partial charge in [0.05, 0.1) is 0 Å². The van der Waals surface area contributed by atoms with Crippen LogP contribution in [0.2, 0.25) is 0 Å².